The highest BCUT2D eigenvalue weighted by atomic mass is 31.2. The van der Waals surface area contributed by atoms with Crippen molar-refractivity contribution in [2.75, 3.05) is 19.8 Å². The molecule has 3 aliphatic heterocycles. The Morgan fingerprint density at radius 3 is 1.09 bits per heavy atom. The fraction of sp³-hybridized carbons (Fsp3) is 1.00. The lowest BCUT2D eigenvalue weighted by Crippen LogP contribution is -2.59. The van der Waals surface area contributed by atoms with Crippen molar-refractivity contribution in [3.8, 4) is 0 Å². The van der Waals surface area contributed by atoms with E-state index in [0.717, 1.165) is 0 Å². The van der Waals surface area contributed by atoms with Gasteiger partial charge in [-0.05, 0) is 0 Å². The van der Waals surface area contributed by atoms with Crippen LogP contribution in [0.4, 0.5) is 0 Å². The van der Waals surface area contributed by atoms with Crippen LogP contribution < -0.4 is 0 Å². The average Bonchev–Trinajstić information content (AvgIpc) is 2.96. The molecule has 0 aliphatic carbocycles. The zero-order valence-corrected chi connectivity index (χ0v) is 25.6. The highest BCUT2D eigenvalue weighted by molar-refractivity contribution is 7.47. The molecule has 0 spiro atoms. The van der Waals surface area contributed by atoms with E-state index in [4.69, 9.17) is 24.0 Å². The first-order chi connectivity index (χ1) is 21.1. The van der Waals surface area contributed by atoms with Gasteiger partial charge in [-0.25, -0.2) is 13.7 Å². The number of aliphatic hydroxyl groups excluding tert-OH is 10. The lowest BCUT2D eigenvalue weighted by molar-refractivity contribution is -0.288. The number of ether oxygens (including phenoxy) is 3. The first kappa shape index (κ1) is 40.2. The van der Waals surface area contributed by atoms with Gasteiger partial charge in [0.05, 0.1) is 19.8 Å². The SMILES string of the molecule is O=P(O)(O)OC1OC(COP(=O)(O)OC2OC(COP(=O)(O)OC3OC(CO)C(O)C(O)C3O)C(O)C(O)C2O)C(O)C(O)C1O. The van der Waals surface area contributed by atoms with Crippen molar-refractivity contribution in [3.63, 3.8) is 0 Å². The highest BCUT2D eigenvalue weighted by Gasteiger charge is 2.51. The Kier molecular flexibility index (Phi) is 13.8. The molecule has 0 aromatic rings. The van der Waals surface area contributed by atoms with Crippen LogP contribution in [-0.2, 0) is 50.5 Å². The summed E-state index contributed by atoms with van der Waals surface area (Å²) >= 11 is 0. The highest BCUT2D eigenvalue weighted by Crippen LogP contribution is 2.49. The van der Waals surface area contributed by atoms with E-state index in [9.17, 15) is 74.5 Å². The minimum Gasteiger partial charge on any atom is -0.394 e. The second kappa shape index (κ2) is 15.8. The molecule has 3 heterocycles. The van der Waals surface area contributed by atoms with Gasteiger partial charge in [0.2, 0.25) is 0 Å². The van der Waals surface area contributed by atoms with Crippen molar-refractivity contribution in [3.05, 3.63) is 0 Å². The van der Waals surface area contributed by atoms with Crippen molar-refractivity contribution in [1.29, 1.82) is 0 Å². The third kappa shape index (κ3) is 10.2. The Morgan fingerprint density at radius 2 is 0.761 bits per heavy atom. The molecule has 17 atom stereocenters. The van der Waals surface area contributed by atoms with Gasteiger partial charge in [0, 0.05) is 0 Å². The number of rotatable bonds is 13. The number of phosphoric acid groups is 3. The monoisotopic (exact) mass is 744 g/mol. The van der Waals surface area contributed by atoms with Crippen molar-refractivity contribution >= 4 is 23.5 Å². The molecule has 14 N–H and O–H groups in total. The minimum atomic E-state index is -5.45. The number of aliphatic hydroxyl groups is 10. The van der Waals surface area contributed by atoms with E-state index in [1.54, 1.807) is 0 Å². The molecule has 3 rings (SSSR count). The summed E-state index contributed by atoms with van der Waals surface area (Å²) in [6, 6.07) is 0. The summed E-state index contributed by atoms with van der Waals surface area (Å²) in [5.41, 5.74) is 0. The van der Waals surface area contributed by atoms with Crippen LogP contribution >= 0.6 is 23.5 Å². The van der Waals surface area contributed by atoms with E-state index in [0.29, 0.717) is 0 Å². The molecular formula is C18H35O25P3. The number of hydrogen-bond donors (Lipinski definition) is 14. The van der Waals surface area contributed by atoms with Crippen LogP contribution in [0.2, 0.25) is 0 Å². The molecule has 25 nitrogen and oxygen atoms in total. The molecule has 0 amide bonds. The predicted octanol–water partition coefficient (Wildman–Crippen LogP) is -7.22. The Balaban J connectivity index is 1.60. The molecule has 0 aromatic heterocycles. The lowest BCUT2D eigenvalue weighted by atomic mass is 9.99. The predicted molar refractivity (Wildman–Crippen MR) is 134 cm³/mol. The van der Waals surface area contributed by atoms with Crippen molar-refractivity contribution in [2.45, 2.75) is 92.1 Å². The van der Waals surface area contributed by atoms with Gasteiger partial charge in [-0.2, -0.15) is 0 Å². The van der Waals surface area contributed by atoms with Crippen LogP contribution in [-0.4, -0.2) is 183 Å². The Labute approximate surface area is 257 Å². The van der Waals surface area contributed by atoms with Crippen molar-refractivity contribution < 1.29 is 121 Å². The fourth-order valence-corrected chi connectivity index (χ4v) is 6.34. The zero-order chi connectivity index (χ0) is 34.9. The maximum atomic E-state index is 12.5. The van der Waals surface area contributed by atoms with Crippen LogP contribution in [0, 0.1) is 0 Å². The van der Waals surface area contributed by atoms with E-state index in [1.165, 1.54) is 0 Å². The second-order valence-corrected chi connectivity index (χ2v) is 14.1. The van der Waals surface area contributed by atoms with Gasteiger partial charge < -0.3 is 84.8 Å². The van der Waals surface area contributed by atoms with Gasteiger partial charge in [0.15, 0.2) is 18.9 Å². The van der Waals surface area contributed by atoms with Gasteiger partial charge in [0.25, 0.3) is 0 Å². The third-order valence-corrected chi connectivity index (χ3v) is 9.09. The van der Waals surface area contributed by atoms with E-state index in [1.807, 2.05) is 0 Å². The maximum absolute atomic E-state index is 12.5. The third-order valence-electron chi connectivity index (χ3n) is 6.70. The molecule has 0 radical (unpaired) electrons. The maximum Gasteiger partial charge on any atom is 0.474 e. The van der Waals surface area contributed by atoms with E-state index < -0.39 is 135 Å². The standard InChI is InChI=1S/C18H35O25P3/c19-1-4-7(20)10(23)14(27)17(38-4)42-45(32,33)37-3-6-9(22)12(25)15(28)18(40-6)43-46(34,35)36-2-5-8(21)11(24)13(26)16(39-5)41-44(29,30)31/h4-28H,1-3H2,(H,32,33)(H,34,35)(H2,29,30,31). The first-order valence-electron chi connectivity index (χ1n) is 12.8. The summed E-state index contributed by atoms with van der Waals surface area (Å²) in [4.78, 5) is 38.0. The Hall–Kier alpha value is -0.190. The van der Waals surface area contributed by atoms with Gasteiger partial charge in [-0.1, -0.05) is 0 Å². The number of phosphoric ester groups is 3. The van der Waals surface area contributed by atoms with Gasteiger partial charge >= 0.3 is 23.5 Å². The van der Waals surface area contributed by atoms with Crippen LogP contribution in [0.5, 0.6) is 0 Å². The molecule has 3 saturated heterocycles. The summed E-state index contributed by atoms with van der Waals surface area (Å²) in [6.45, 7) is -3.31. The molecule has 0 bridgehead atoms. The smallest absolute Gasteiger partial charge is 0.394 e. The number of hydrogen-bond acceptors (Lipinski definition) is 21. The molecule has 3 aliphatic rings. The normalized spacial score (nSPS) is 45.1. The Morgan fingerprint density at radius 1 is 0.457 bits per heavy atom. The largest absolute Gasteiger partial charge is 0.474 e. The molecule has 0 saturated carbocycles. The van der Waals surface area contributed by atoms with E-state index in [2.05, 4.69) is 22.6 Å². The molecule has 46 heavy (non-hydrogen) atoms. The summed E-state index contributed by atoms with van der Waals surface area (Å²) in [5.74, 6) is 0. The fourth-order valence-electron chi connectivity index (χ4n) is 4.23. The summed E-state index contributed by atoms with van der Waals surface area (Å²) < 4.78 is 73.5. The summed E-state index contributed by atoms with van der Waals surface area (Å²) in [5, 5.41) is 99.0. The molecule has 17 unspecified atom stereocenters. The van der Waals surface area contributed by atoms with Gasteiger partial charge in [0.1, 0.15) is 73.2 Å². The minimum absolute atomic E-state index is 0.908. The topological polar surface area (TPSA) is 408 Å². The van der Waals surface area contributed by atoms with Crippen LogP contribution in [0.1, 0.15) is 0 Å². The summed E-state index contributed by atoms with van der Waals surface area (Å²) in [6.07, 6.45) is -31.1. The van der Waals surface area contributed by atoms with Gasteiger partial charge in [-0.15, -0.1) is 0 Å². The van der Waals surface area contributed by atoms with Crippen LogP contribution in [0.25, 0.3) is 0 Å². The second-order valence-electron chi connectivity index (χ2n) is 10.1. The summed E-state index contributed by atoms with van der Waals surface area (Å²) in [7, 11) is -16.1. The molecule has 0 aromatic carbocycles. The average molecular weight is 744 g/mol. The molecule has 28 heteroatoms. The van der Waals surface area contributed by atoms with Crippen LogP contribution in [0.3, 0.4) is 0 Å². The van der Waals surface area contributed by atoms with Crippen LogP contribution in [0.15, 0.2) is 0 Å². The first-order valence-corrected chi connectivity index (χ1v) is 17.3. The molecular weight excluding hydrogens is 709 g/mol. The zero-order valence-electron chi connectivity index (χ0n) is 22.9. The van der Waals surface area contributed by atoms with Gasteiger partial charge in [-0.3, -0.25) is 22.6 Å². The Bertz CT molecular complexity index is 1140. The van der Waals surface area contributed by atoms with E-state index in [-0.39, 0.29) is 0 Å². The van der Waals surface area contributed by atoms with Crippen molar-refractivity contribution in [1.82, 2.24) is 0 Å². The van der Waals surface area contributed by atoms with E-state index >= 15 is 0 Å². The van der Waals surface area contributed by atoms with Crippen molar-refractivity contribution in [2.24, 2.45) is 0 Å². The lowest BCUT2D eigenvalue weighted by Gasteiger charge is -2.41. The molecule has 272 valence electrons. The molecule has 3 fully saturated rings. The quantitative estimate of drug-likeness (QED) is 0.0779.